The monoisotopic (exact) mass is 468 g/mol. The molecule has 4 heteroatoms. The van der Waals surface area contributed by atoms with Crippen molar-refractivity contribution in [1.82, 2.24) is 20.2 Å². The van der Waals surface area contributed by atoms with Crippen molar-refractivity contribution in [1.29, 1.82) is 0 Å². The van der Waals surface area contributed by atoms with Gasteiger partial charge in [0.15, 0.2) is 0 Å². The number of aromatic nitrogens is 2. The van der Waals surface area contributed by atoms with Crippen LogP contribution < -0.4 is 5.32 Å². The fourth-order valence-electron chi connectivity index (χ4n) is 4.46. The van der Waals surface area contributed by atoms with Gasteiger partial charge >= 0.3 is 0 Å². The van der Waals surface area contributed by atoms with Crippen LogP contribution in [0.25, 0.3) is 16.6 Å². The molecule has 3 rings (SSSR count). The molecule has 2 N–H and O–H groups in total. The smallest absolute Gasteiger partial charge is 0.137 e. The zero-order chi connectivity index (χ0) is 25.2. The predicted molar refractivity (Wildman–Crippen MR) is 152 cm³/mol. The van der Waals surface area contributed by atoms with E-state index in [2.05, 4.69) is 84.1 Å². The number of allylic oxidation sites excluding steroid dienone is 9. The largest absolute Gasteiger partial charge is 0.388 e. The minimum Gasteiger partial charge on any atom is -0.388 e. The van der Waals surface area contributed by atoms with E-state index in [4.69, 9.17) is 0 Å². The van der Waals surface area contributed by atoms with E-state index in [1.807, 2.05) is 25.3 Å². The Labute approximate surface area is 211 Å². The molecule has 2 aromatic heterocycles. The number of likely N-dealkylation sites (tertiary alicyclic amines) is 1. The Kier molecular flexibility index (Phi) is 9.68. The average Bonchev–Trinajstić information content (AvgIpc) is 3.55. The molecule has 0 unspecified atom stereocenters. The van der Waals surface area contributed by atoms with E-state index in [-0.39, 0.29) is 0 Å². The number of nitrogens with one attached hydrogen (secondary N) is 2. The summed E-state index contributed by atoms with van der Waals surface area (Å²) in [6.45, 7) is 20.5. The summed E-state index contributed by atoms with van der Waals surface area (Å²) < 4.78 is 0. The SMILES string of the molecule is C=C\C(=C/C(=C\C)C(/C)=C/C=C(/NC)C(=C)C(=C)c1cc2cccnc2[nH]1)CCCN1CCCC1. The summed E-state index contributed by atoms with van der Waals surface area (Å²) in [6, 6.07) is 6.03. The van der Waals surface area contributed by atoms with E-state index >= 15 is 0 Å². The fraction of sp³-hybridized carbons (Fsp3) is 0.323. The number of rotatable bonds is 12. The van der Waals surface area contributed by atoms with Crippen LogP contribution in [-0.4, -0.2) is 41.5 Å². The van der Waals surface area contributed by atoms with Gasteiger partial charge in [-0.2, -0.15) is 0 Å². The van der Waals surface area contributed by atoms with Crippen LogP contribution in [0.5, 0.6) is 0 Å². The highest BCUT2D eigenvalue weighted by atomic mass is 15.1. The lowest BCUT2D eigenvalue weighted by molar-refractivity contribution is 0.334. The van der Waals surface area contributed by atoms with Gasteiger partial charge in [0, 0.05) is 30.0 Å². The van der Waals surface area contributed by atoms with Gasteiger partial charge in [-0.15, -0.1) is 0 Å². The quantitative estimate of drug-likeness (QED) is 0.326. The normalized spacial score (nSPS) is 16.1. The Balaban J connectivity index is 1.69. The summed E-state index contributed by atoms with van der Waals surface area (Å²) in [6.07, 6.45) is 17.3. The highest BCUT2D eigenvalue weighted by Crippen LogP contribution is 2.27. The third kappa shape index (κ3) is 7.06. The summed E-state index contributed by atoms with van der Waals surface area (Å²) in [5.74, 6) is 0. The minimum atomic E-state index is 0.841. The molecule has 3 heterocycles. The van der Waals surface area contributed by atoms with Crippen LogP contribution in [0.15, 0.2) is 103 Å². The Morgan fingerprint density at radius 2 is 2.00 bits per heavy atom. The lowest BCUT2D eigenvalue weighted by Gasteiger charge is -2.14. The Hall–Kier alpha value is -3.37. The number of likely N-dealkylation sites (N-methyl/N-ethyl adjacent to an activating group) is 1. The molecule has 1 fully saturated rings. The van der Waals surface area contributed by atoms with E-state index in [1.165, 1.54) is 55.6 Å². The summed E-state index contributed by atoms with van der Waals surface area (Å²) in [5, 5.41) is 4.34. The second-order valence-corrected chi connectivity index (χ2v) is 9.08. The van der Waals surface area contributed by atoms with E-state index in [0.717, 1.165) is 40.0 Å². The average molecular weight is 469 g/mol. The molecule has 0 saturated carbocycles. The molecule has 1 aliphatic rings. The van der Waals surface area contributed by atoms with Gasteiger partial charge in [0.2, 0.25) is 0 Å². The summed E-state index contributed by atoms with van der Waals surface area (Å²) in [4.78, 5) is 10.3. The lowest BCUT2D eigenvalue weighted by atomic mass is 9.99. The van der Waals surface area contributed by atoms with Crippen LogP contribution in [0.3, 0.4) is 0 Å². The number of nitrogens with zero attached hydrogens (tertiary/aromatic N) is 2. The number of aromatic amines is 1. The van der Waals surface area contributed by atoms with Crippen molar-refractivity contribution in [2.24, 2.45) is 0 Å². The first-order chi connectivity index (χ1) is 17.0. The molecule has 0 radical (unpaired) electrons. The first kappa shape index (κ1) is 26.2. The van der Waals surface area contributed by atoms with Gasteiger partial charge in [-0.05, 0) is 111 Å². The van der Waals surface area contributed by atoms with Gasteiger partial charge in [0.05, 0.1) is 0 Å². The molecular formula is C31H40N4. The topological polar surface area (TPSA) is 44.0 Å². The van der Waals surface area contributed by atoms with E-state index < -0.39 is 0 Å². The maximum atomic E-state index is 4.38. The van der Waals surface area contributed by atoms with Crippen LogP contribution >= 0.6 is 0 Å². The second-order valence-electron chi connectivity index (χ2n) is 9.08. The van der Waals surface area contributed by atoms with E-state index in [1.54, 1.807) is 6.20 Å². The van der Waals surface area contributed by atoms with Gasteiger partial charge in [-0.3, -0.25) is 0 Å². The van der Waals surface area contributed by atoms with Crippen molar-refractivity contribution in [2.75, 3.05) is 26.7 Å². The number of hydrogen-bond acceptors (Lipinski definition) is 3. The lowest BCUT2D eigenvalue weighted by Crippen LogP contribution is -2.20. The zero-order valence-corrected chi connectivity index (χ0v) is 21.7. The summed E-state index contributed by atoms with van der Waals surface area (Å²) >= 11 is 0. The Morgan fingerprint density at radius 1 is 1.23 bits per heavy atom. The molecule has 1 saturated heterocycles. The molecule has 0 aliphatic carbocycles. The molecule has 35 heavy (non-hydrogen) atoms. The molecule has 0 bridgehead atoms. The molecule has 0 atom stereocenters. The maximum absolute atomic E-state index is 4.38. The maximum Gasteiger partial charge on any atom is 0.137 e. The van der Waals surface area contributed by atoms with Gasteiger partial charge in [-0.1, -0.05) is 44.0 Å². The third-order valence-corrected chi connectivity index (χ3v) is 6.68. The Bertz CT molecular complexity index is 1150. The molecular weight excluding hydrogens is 428 g/mol. The first-order valence-corrected chi connectivity index (χ1v) is 12.6. The third-order valence-electron chi connectivity index (χ3n) is 6.68. The number of pyridine rings is 1. The van der Waals surface area contributed by atoms with Crippen molar-refractivity contribution in [3.63, 3.8) is 0 Å². The number of hydrogen-bond donors (Lipinski definition) is 2. The van der Waals surface area contributed by atoms with Crippen LogP contribution in [-0.2, 0) is 0 Å². The van der Waals surface area contributed by atoms with Crippen LogP contribution in [0.1, 0.15) is 45.2 Å². The highest BCUT2D eigenvalue weighted by Gasteiger charge is 2.12. The highest BCUT2D eigenvalue weighted by molar-refractivity contribution is 5.87. The van der Waals surface area contributed by atoms with Gasteiger partial charge in [-0.25, -0.2) is 4.98 Å². The van der Waals surface area contributed by atoms with Crippen LogP contribution in [0.4, 0.5) is 0 Å². The summed E-state index contributed by atoms with van der Waals surface area (Å²) in [7, 11) is 1.91. The van der Waals surface area contributed by atoms with Gasteiger partial charge in [0.1, 0.15) is 5.65 Å². The molecule has 0 amide bonds. The molecule has 184 valence electrons. The van der Waals surface area contributed by atoms with E-state index in [0.29, 0.717) is 0 Å². The molecule has 1 aliphatic heterocycles. The van der Waals surface area contributed by atoms with Crippen molar-refractivity contribution in [3.05, 3.63) is 108 Å². The standard InChI is InChI=1S/C31H40N4/c1-7-26(13-12-20-35-18-9-10-19-35)21-27(8-2)23(3)15-16-29(32-6)24(4)25(5)30-22-28-14-11-17-33-31(28)34-30/h7-8,11,14-17,21-22,32H,1,4-5,9-10,12-13,18-20H2,2-3,6H3,(H,33,34)/b23-15+,26-21+,27-8+,29-16+. The van der Waals surface area contributed by atoms with Crippen LogP contribution in [0, 0.1) is 0 Å². The molecule has 0 aromatic carbocycles. The first-order valence-electron chi connectivity index (χ1n) is 12.6. The fourth-order valence-corrected chi connectivity index (χ4v) is 4.46. The van der Waals surface area contributed by atoms with E-state index in [9.17, 15) is 0 Å². The number of H-pyrrole nitrogens is 1. The van der Waals surface area contributed by atoms with Gasteiger partial charge in [0.25, 0.3) is 0 Å². The van der Waals surface area contributed by atoms with Crippen molar-refractivity contribution < 1.29 is 0 Å². The van der Waals surface area contributed by atoms with Crippen molar-refractivity contribution in [2.45, 2.75) is 39.5 Å². The zero-order valence-electron chi connectivity index (χ0n) is 21.7. The van der Waals surface area contributed by atoms with Crippen molar-refractivity contribution in [3.8, 4) is 0 Å². The summed E-state index contributed by atoms with van der Waals surface area (Å²) in [5.41, 5.74) is 8.06. The molecule has 4 nitrogen and oxygen atoms in total. The van der Waals surface area contributed by atoms with Crippen molar-refractivity contribution >= 4 is 16.6 Å². The minimum absolute atomic E-state index is 0.841. The molecule has 0 spiro atoms. The Morgan fingerprint density at radius 3 is 2.66 bits per heavy atom. The van der Waals surface area contributed by atoms with Crippen LogP contribution in [0.2, 0.25) is 0 Å². The predicted octanol–water partition coefficient (Wildman–Crippen LogP) is 7.12. The molecule has 2 aromatic rings. The second kappa shape index (κ2) is 12.9. The van der Waals surface area contributed by atoms with Gasteiger partial charge < -0.3 is 15.2 Å². The number of fused-ring (bicyclic) bond motifs is 1.